The molecule has 0 radical (unpaired) electrons. The van der Waals surface area contributed by atoms with Gasteiger partial charge >= 0.3 is 0 Å². The molecule has 0 aromatic heterocycles. The first kappa shape index (κ1) is 20.9. The molecular weight excluding hydrogens is 338 g/mol. The van der Waals surface area contributed by atoms with Gasteiger partial charge in [0, 0.05) is 32.2 Å². The van der Waals surface area contributed by atoms with Gasteiger partial charge in [0.15, 0.2) is 0 Å². The van der Waals surface area contributed by atoms with Crippen molar-refractivity contribution < 1.29 is 9.53 Å². The third kappa shape index (κ3) is 7.04. The Morgan fingerprint density at radius 2 is 1.56 bits per heavy atom. The lowest BCUT2D eigenvalue weighted by Gasteiger charge is -2.32. The first-order valence-electron chi connectivity index (χ1n) is 9.23. The minimum atomic E-state index is -0.0615. The predicted molar refractivity (Wildman–Crippen MR) is 111 cm³/mol. The van der Waals surface area contributed by atoms with Crippen LogP contribution in [-0.4, -0.2) is 31.0 Å². The third-order valence-electron chi connectivity index (χ3n) is 4.45. The minimum absolute atomic E-state index is 0.0304. The molecule has 0 saturated carbocycles. The second-order valence-corrected chi connectivity index (χ2v) is 7.74. The molecule has 0 heterocycles. The molecule has 0 aliphatic rings. The van der Waals surface area contributed by atoms with Crippen molar-refractivity contribution in [1.29, 1.82) is 0 Å². The first-order chi connectivity index (χ1) is 12.8. The van der Waals surface area contributed by atoms with E-state index < -0.39 is 0 Å². The highest BCUT2D eigenvalue weighted by atomic mass is 16.5. The topological polar surface area (TPSA) is 67.6 Å². The number of nitrogens with one attached hydrogen (secondary N) is 1. The van der Waals surface area contributed by atoms with Crippen molar-refractivity contribution >= 4 is 11.6 Å². The maximum absolute atomic E-state index is 11.2. The van der Waals surface area contributed by atoms with Crippen molar-refractivity contribution in [1.82, 2.24) is 4.90 Å². The second kappa shape index (κ2) is 9.53. The average Bonchev–Trinajstić information content (AvgIpc) is 2.63. The number of nitrogens with zero attached hydrogens (tertiary/aromatic N) is 1. The van der Waals surface area contributed by atoms with Crippen molar-refractivity contribution in [2.75, 3.05) is 25.5 Å². The number of carbonyl (C=O) groups excluding carboxylic acids is 1. The van der Waals surface area contributed by atoms with Crippen molar-refractivity contribution in [3.05, 3.63) is 59.7 Å². The quantitative estimate of drug-likeness (QED) is 0.708. The van der Waals surface area contributed by atoms with Crippen LogP contribution in [0.5, 0.6) is 5.75 Å². The molecule has 0 bridgehead atoms. The molecule has 1 amide bonds. The zero-order valence-corrected chi connectivity index (χ0v) is 16.8. The first-order valence-corrected chi connectivity index (χ1v) is 9.23. The molecule has 146 valence electrons. The molecule has 0 aliphatic carbocycles. The number of rotatable bonds is 9. The largest absolute Gasteiger partial charge is 0.497 e. The van der Waals surface area contributed by atoms with Gasteiger partial charge in [-0.3, -0.25) is 9.69 Å². The fourth-order valence-electron chi connectivity index (χ4n) is 2.98. The highest BCUT2D eigenvalue weighted by molar-refractivity contribution is 5.88. The monoisotopic (exact) mass is 369 g/mol. The smallest absolute Gasteiger partial charge is 0.221 e. The summed E-state index contributed by atoms with van der Waals surface area (Å²) in [7, 11) is 1.68. The summed E-state index contributed by atoms with van der Waals surface area (Å²) in [4.78, 5) is 13.6. The summed E-state index contributed by atoms with van der Waals surface area (Å²) in [5.74, 6) is 0.801. The number of anilines is 1. The zero-order valence-electron chi connectivity index (χ0n) is 16.8. The van der Waals surface area contributed by atoms with Crippen LogP contribution in [0.1, 0.15) is 31.9 Å². The number of carbonyl (C=O) groups is 1. The Labute approximate surface area is 162 Å². The van der Waals surface area contributed by atoms with E-state index in [-0.39, 0.29) is 11.3 Å². The van der Waals surface area contributed by atoms with E-state index in [0.29, 0.717) is 6.54 Å². The Hall–Kier alpha value is -2.37. The van der Waals surface area contributed by atoms with Gasteiger partial charge in [-0.1, -0.05) is 38.1 Å². The Kier molecular flexibility index (Phi) is 7.39. The summed E-state index contributed by atoms with van der Waals surface area (Å²) in [5, 5.41) is 2.80. The molecule has 27 heavy (non-hydrogen) atoms. The lowest BCUT2D eigenvalue weighted by Crippen LogP contribution is -2.38. The molecule has 3 N–H and O–H groups in total. The fraction of sp³-hybridized carbons (Fsp3) is 0.409. The van der Waals surface area contributed by atoms with E-state index in [1.807, 2.05) is 24.3 Å². The Morgan fingerprint density at radius 3 is 2.00 bits per heavy atom. The molecule has 2 aromatic rings. The van der Waals surface area contributed by atoms with E-state index in [1.54, 1.807) is 7.11 Å². The van der Waals surface area contributed by atoms with E-state index in [2.05, 4.69) is 48.3 Å². The minimum Gasteiger partial charge on any atom is -0.497 e. The normalized spacial score (nSPS) is 11.5. The molecule has 5 nitrogen and oxygen atoms in total. The standard InChI is InChI=1S/C22H31N3O2/c1-17(26)24-20-9-5-18(6-10-20)13-25(16-22(2,3)15-23)14-19-7-11-21(27-4)12-8-19/h5-12H,13-16,23H2,1-4H3,(H,24,26). The average molecular weight is 370 g/mol. The second-order valence-electron chi connectivity index (χ2n) is 7.74. The Balaban J connectivity index is 2.12. The van der Waals surface area contributed by atoms with Gasteiger partial charge < -0.3 is 15.8 Å². The van der Waals surface area contributed by atoms with Gasteiger partial charge in [0.25, 0.3) is 0 Å². The molecule has 2 aromatic carbocycles. The van der Waals surface area contributed by atoms with Crippen LogP contribution in [0.4, 0.5) is 5.69 Å². The number of hydrogen-bond donors (Lipinski definition) is 2. The van der Waals surface area contributed by atoms with E-state index in [4.69, 9.17) is 10.5 Å². The SMILES string of the molecule is COc1ccc(CN(Cc2ccc(NC(C)=O)cc2)CC(C)(C)CN)cc1. The van der Waals surface area contributed by atoms with Gasteiger partial charge in [0.05, 0.1) is 7.11 Å². The van der Waals surface area contributed by atoms with Crippen LogP contribution in [0.25, 0.3) is 0 Å². The van der Waals surface area contributed by atoms with Crippen LogP contribution in [0.3, 0.4) is 0 Å². The third-order valence-corrected chi connectivity index (χ3v) is 4.45. The van der Waals surface area contributed by atoms with Gasteiger partial charge in [-0.25, -0.2) is 0 Å². The molecule has 0 saturated heterocycles. The Bertz CT molecular complexity index is 724. The number of ether oxygens (including phenoxy) is 1. The van der Waals surface area contributed by atoms with Crippen LogP contribution in [-0.2, 0) is 17.9 Å². The maximum atomic E-state index is 11.2. The fourth-order valence-corrected chi connectivity index (χ4v) is 2.98. The number of amides is 1. The number of nitrogens with two attached hydrogens (primary N) is 1. The number of methoxy groups -OCH3 is 1. The molecule has 2 rings (SSSR count). The van der Waals surface area contributed by atoms with Crippen molar-refractivity contribution in [3.8, 4) is 5.75 Å². The number of benzene rings is 2. The summed E-state index contributed by atoms with van der Waals surface area (Å²) in [6.07, 6.45) is 0. The summed E-state index contributed by atoms with van der Waals surface area (Å²) in [5.41, 5.74) is 9.24. The summed E-state index contributed by atoms with van der Waals surface area (Å²) >= 11 is 0. The van der Waals surface area contributed by atoms with E-state index in [1.165, 1.54) is 18.1 Å². The van der Waals surface area contributed by atoms with Crippen molar-refractivity contribution in [2.24, 2.45) is 11.1 Å². The van der Waals surface area contributed by atoms with Crippen LogP contribution < -0.4 is 15.8 Å². The van der Waals surface area contributed by atoms with Crippen molar-refractivity contribution in [3.63, 3.8) is 0 Å². The molecular formula is C22H31N3O2. The molecule has 0 unspecified atom stereocenters. The number of hydrogen-bond acceptors (Lipinski definition) is 4. The van der Waals surface area contributed by atoms with Crippen LogP contribution in [0.2, 0.25) is 0 Å². The highest BCUT2D eigenvalue weighted by Crippen LogP contribution is 2.21. The molecule has 0 spiro atoms. The van der Waals surface area contributed by atoms with E-state index in [0.717, 1.165) is 31.1 Å². The van der Waals surface area contributed by atoms with Gasteiger partial charge in [0.2, 0.25) is 5.91 Å². The predicted octanol–water partition coefficient (Wildman–Crippen LogP) is 3.64. The molecule has 5 heteroatoms. The van der Waals surface area contributed by atoms with Gasteiger partial charge in [-0.15, -0.1) is 0 Å². The Morgan fingerprint density at radius 1 is 1.04 bits per heavy atom. The van der Waals surface area contributed by atoms with Gasteiger partial charge in [0.1, 0.15) is 5.75 Å². The summed E-state index contributed by atoms with van der Waals surface area (Å²) < 4.78 is 5.25. The lowest BCUT2D eigenvalue weighted by molar-refractivity contribution is -0.114. The van der Waals surface area contributed by atoms with Gasteiger partial charge in [-0.2, -0.15) is 0 Å². The van der Waals surface area contributed by atoms with E-state index in [9.17, 15) is 4.79 Å². The van der Waals surface area contributed by atoms with Crippen LogP contribution in [0.15, 0.2) is 48.5 Å². The maximum Gasteiger partial charge on any atom is 0.221 e. The van der Waals surface area contributed by atoms with E-state index >= 15 is 0 Å². The highest BCUT2D eigenvalue weighted by Gasteiger charge is 2.20. The summed E-state index contributed by atoms with van der Waals surface area (Å²) in [6.45, 7) is 9.06. The molecule has 0 aliphatic heterocycles. The van der Waals surface area contributed by atoms with Gasteiger partial charge in [-0.05, 0) is 47.4 Å². The lowest BCUT2D eigenvalue weighted by atomic mass is 9.92. The molecule has 0 fully saturated rings. The van der Waals surface area contributed by atoms with Crippen LogP contribution >= 0.6 is 0 Å². The summed E-state index contributed by atoms with van der Waals surface area (Å²) in [6, 6.07) is 16.2. The van der Waals surface area contributed by atoms with Crippen molar-refractivity contribution in [2.45, 2.75) is 33.9 Å². The zero-order chi connectivity index (χ0) is 19.9. The molecule has 0 atom stereocenters. The van der Waals surface area contributed by atoms with Crippen LogP contribution in [0, 0.1) is 5.41 Å².